The maximum atomic E-state index is 13.0. The second kappa shape index (κ2) is 5.40. The van der Waals surface area contributed by atoms with E-state index < -0.39 is 21.4 Å². The van der Waals surface area contributed by atoms with Gasteiger partial charge in [0.25, 0.3) is 0 Å². The van der Waals surface area contributed by atoms with Gasteiger partial charge in [-0.3, -0.25) is 0 Å². The van der Waals surface area contributed by atoms with Crippen LogP contribution in [0, 0.1) is 5.82 Å². The maximum Gasteiger partial charge on any atom is 0.241 e. The first-order chi connectivity index (χ1) is 11.5. The van der Waals surface area contributed by atoms with E-state index >= 15 is 0 Å². The monoisotopic (exact) mass is 341 g/mol. The van der Waals surface area contributed by atoms with Crippen LogP contribution in [0.3, 0.4) is 0 Å². The van der Waals surface area contributed by atoms with Gasteiger partial charge >= 0.3 is 0 Å². The molecule has 1 saturated carbocycles. The van der Waals surface area contributed by atoms with Gasteiger partial charge in [0.1, 0.15) is 5.82 Å². The minimum Gasteiger partial charge on any atom is -0.207 e. The largest absolute Gasteiger partial charge is 0.241 e. The predicted molar refractivity (Wildman–Crippen MR) is 91.6 cm³/mol. The number of fused-ring (bicyclic) bond motifs is 1. The average molecular weight is 341 g/mol. The van der Waals surface area contributed by atoms with E-state index in [1.54, 1.807) is 0 Å². The molecule has 0 aromatic heterocycles. The molecule has 122 valence electrons. The molecule has 0 bridgehead atoms. The molecular formula is C19H16FNO2S. The zero-order valence-electron chi connectivity index (χ0n) is 12.9. The molecule has 0 aliphatic heterocycles. The molecule has 0 atom stereocenters. The molecule has 1 aliphatic rings. The van der Waals surface area contributed by atoms with E-state index in [1.807, 2.05) is 42.5 Å². The number of hydrogen-bond acceptors (Lipinski definition) is 2. The number of rotatable bonds is 4. The average Bonchev–Trinajstić information content (AvgIpc) is 3.34. The summed E-state index contributed by atoms with van der Waals surface area (Å²) in [6.45, 7) is 0. The summed E-state index contributed by atoms with van der Waals surface area (Å²) in [4.78, 5) is 0.0791. The molecule has 5 heteroatoms. The lowest BCUT2D eigenvalue weighted by atomic mass is 9.98. The smallest absolute Gasteiger partial charge is 0.207 e. The highest BCUT2D eigenvalue weighted by Gasteiger charge is 2.48. The van der Waals surface area contributed by atoms with E-state index in [-0.39, 0.29) is 4.90 Å². The van der Waals surface area contributed by atoms with Crippen molar-refractivity contribution in [1.82, 2.24) is 4.72 Å². The molecule has 3 nitrogen and oxygen atoms in total. The van der Waals surface area contributed by atoms with Crippen LogP contribution in [0.25, 0.3) is 10.8 Å². The van der Waals surface area contributed by atoms with Crippen LogP contribution in [0.2, 0.25) is 0 Å². The lowest BCUT2D eigenvalue weighted by Gasteiger charge is -2.20. The number of sulfonamides is 1. The predicted octanol–water partition coefficient (Wildman–Crippen LogP) is 3.95. The van der Waals surface area contributed by atoms with Crippen LogP contribution in [-0.2, 0) is 15.6 Å². The van der Waals surface area contributed by atoms with E-state index in [0.717, 1.165) is 41.3 Å². The van der Waals surface area contributed by atoms with Crippen LogP contribution in [0.4, 0.5) is 4.39 Å². The molecule has 0 radical (unpaired) electrons. The zero-order valence-corrected chi connectivity index (χ0v) is 13.7. The van der Waals surface area contributed by atoms with Crippen molar-refractivity contribution in [3.8, 4) is 0 Å². The summed E-state index contributed by atoms with van der Waals surface area (Å²) in [5.41, 5.74) is 0.417. The van der Waals surface area contributed by atoms with E-state index in [4.69, 9.17) is 0 Å². The molecule has 0 saturated heterocycles. The molecular weight excluding hydrogens is 325 g/mol. The third-order valence-electron chi connectivity index (χ3n) is 4.51. The van der Waals surface area contributed by atoms with E-state index in [1.165, 1.54) is 12.1 Å². The number of hydrogen-bond donors (Lipinski definition) is 1. The Kier molecular flexibility index (Phi) is 3.44. The molecule has 1 aliphatic carbocycles. The fourth-order valence-corrected chi connectivity index (χ4v) is 4.56. The minimum absolute atomic E-state index is 0.0791. The summed E-state index contributed by atoms with van der Waals surface area (Å²) in [6.07, 6.45) is 1.50. The molecule has 1 fully saturated rings. The highest BCUT2D eigenvalue weighted by atomic mass is 32.2. The third kappa shape index (κ3) is 2.60. The van der Waals surface area contributed by atoms with Crippen LogP contribution < -0.4 is 4.72 Å². The normalized spacial score (nSPS) is 16.2. The Morgan fingerprint density at radius 1 is 0.875 bits per heavy atom. The van der Waals surface area contributed by atoms with Gasteiger partial charge in [0.05, 0.1) is 10.4 Å². The quantitative estimate of drug-likeness (QED) is 0.781. The van der Waals surface area contributed by atoms with Gasteiger partial charge in [-0.25, -0.2) is 17.5 Å². The van der Waals surface area contributed by atoms with Crippen molar-refractivity contribution in [3.63, 3.8) is 0 Å². The fourth-order valence-electron chi connectivity index (χ4n) is 3.12. The lowest BCUT2D eigenvalue weighted by Crippen LogP contribution is -2.35. The van der Waals surface area contributed by atoms with Gasteiger partial charge in [-0.2, -0.15) is 0 Å². The SMILES string of the molecule is O=S(=O)(NC1(c2cccc3ccccc23)CC1)c1ccc(F)cc1. The van der Waals surface area contributed by atoms with Gasteiger partial charge in [-0.05, 0) is 53.4 Å². The molecule has 24 heavy (non-hydrogen) atoms. The van der Waals surface area contributed by atoms with Crippen molar-refractivity contribution in [3.05, 3.63) is 78.1 Å². The van der Waals surface area contributed by atoms with Crippen LogP contribution in [0.5, 0.6) is 0 Å². The van der Waals surface area contributed by atoms with Gasteiger partial charge in [-0.1, -0.05) is 42.5 Å². The summed E-state index contributed by atoms with van der Waals surface area (Å²) in [5, 5.41) is 2.14. The topological polar surface area (TPSA) is 46.2 Å². The molecule has 3 aromatic carbocycles. The van der Waals surface area contributed by atoms with Crippen molar-refractivity contribution < 1.29 is 12.8 Å². The molecule has 0 spiro atoms. The first kappa shape index (κ1) is 15.3. The van der Waals surface area contributed by atoms with E-state index in [9.17, 15) is 12.8 Å². The Morgan fingerprint density at radius 2 is 1.54 bits per heavy atom. The highest BCUT2D eigenvalue weighted by molar-refractivity contribution is 7.89. The number of benzene rings is 3. The Hall–Kier alpha value is -2.24. The molecule has 0 unspecified atom stereocenters. The summed E-state index contributed by atoms with van der Waals surface area (Å²) < 4.78 is 41.2. The summed E-state index contributed by atoms with van der Waals surface area (Å²) in [7, 11) is -3.71. The van der Waals surface area contributed by atoms with Crippen molar-refractivity contribution in [2.45, 2.75) is 23.3 Å². The maximum absolute atomic E-state index is 13.0. The molecule has 1 N–H and O–H groups in total. The van der Waals surface area contributed by atoms with Crippen LogP contribution >= 0.6 is 0 Å². The first-order valence-electron chi connectivity index (χ1n) is 7.78. The standard InChI is InChI=1S/C19H16FNO2S/c20-15-8-10-16(11-9-15)24(22,23)21-19(12-13-19)18-7-3-5-14-4-1-2-6-17(14)18/h1-11,21H,12-13H2. The fraction of sp³-hybridized carbons (Fsp3) is 0.158. The van der Waals surface area contributed by atoms with Crippen molar-refractivity contribution >= 4 is 20.8 Å². The van der Waals surface area contributed by atoms with Crippen LogP contribution in [0.1, 0.15) is 18.4 Å². The van der Waals surface area contributed by atoms with Gasteiger partial charge in [0, 0.05) is 0 Å². The number of halogens is 1. The van der Waals surface area contributed by atoms with Gasteiger partial charge in [-0.15, -0.1) is 0 Å². The van der Waals surface area contributed by atoms with Crippen molar-refractivity contribution in [1.29, 1.82) is 0 Å². The summed E-state index contributed by atoms with van der Waals surface area (Å²) in [6, 6.07) is 18.8. The van der Waals surface area contributed by atoms with Gasteiger partial charge < -0.3 is 0 Å². The second-order valence-corrected chi connectivity index (χ2v) is 7.85. The first-order valence-corrected chi connectivity index (χ1v) is 9.26. The van der Waals surface area contributed by atoms with Gasteiger partial charge in [0.2, 0.25) is 10.0 Å². The van der Waals surface area contributed by atoms with Crippen molar-refractivity contribution in [2.24, 2.45) is 0 Å². The summed E-state index contributed by atoms with van der Waals surface area (Å²) >= 11 is 0. The van der Waals surface area contributed by atoms with Gasteiger partial charge in [0.15, 0.2) is 0 Å². The molecule has 0 amide bonds. The molecule has 3 aromatic rings. The second-order valence-electron chi connectivity index (χ2n) is 6.17. The Balaban J connectivity index is 1.75. The van der Waals surface area contributed by atoms with Crippen LogP contribution in [-0.4, -0.2) is 8.42 Å². The Morgan fingerprint density at radius 3 is 2.25 bits per heavy atom. The Bertz CT molecular complexity index is 1000. The van der Waals surface area contributed by atoms with E-state index in [2.05, 4.69) is 4.72 Å². The number of nitrogens with one attached hydrogen (secondary N) is 1. The lowest BCUT2D eigenvalue weighted by molar-refractivity contribution is 0.552. The summed E-state index contributed by atoms with van der Waals surface area (Å²) in [5.74, 6) is -0.455. The molecule has 4 rings (SSSR count). The zero-order chi connectivity index (χ0) is 16.8. The van der Waals surface area contributed by atoms with Crippen molar-refractivity contribution in [2.75, 3.05) is 0 Å². The minimum atomic E-state index is -3.71. The van der Waals surface area contributed by atoms with Crippen LogP contribution in [0.15, 0.2) is 71.6 Å². The van der Waals surface area contributed by atoms with E-state index in [0.29, 0.717) is 0 Å². The third-order valence-corrected chi connectivity index (χ3v) is 6.06. The highest BCUT2D eigenvalue weighted by Crippen LogP contribution is 2.48. The molecule has 0 heterocycles. The Labute approximate surface area is 140 Å².